The second-order valence-corrected chi connectivity index (χ2v) is 4.76. The maximum Gasteiger partial charge on any atom is 0.216 e. The first-order chi connectivity index (χ1) is 7.31. The van der Waals surface area contributed by atoms with E-state index >= 15 is 0 Å². The third kappa shape index (κ3) is 11.4. The van der Waals surface area contributed by atoms with Gasteiger partial charge in [0.05, 0.1) is 18.3 Å². The smallest absolute Gasteiger partial charge is 0.216 e. The van der Waals surface area contributed by atoms with Crippen molar-refractivity contribution in [2.24, 2.45) is 0 Å². The van der Waals surface area contributed by atoms with E-state index in [0.29, 0.717) is 26.2 Å². The molecule has 16 heavy (non-hydrogen) atoms. The standard InChI is InChI=1S/C11H24N2O3/c1-9(14)13-6-5-12-7-10(15)8-16-11(2,3)4/h10,12,15H,5-8H2,1-4H3,(H,13,14). The van der Waals surface area contributed by atoms with Crippen molar-refractivity contribution in [2.75, 3.05) is 26.2 Å². The average molecular weight is 232 g/mol. The summed E-state index contributed by atoms with van der Waals surface area (Å²) in [4.78, 5) is 10.5. The first-order valence-corrected chi connectivity index (χ1v) is 5.58. The van der Waals surface area contributed by atoms with Gasteiger partial charge in [0.15, 0.2) is 0 Å². The van der Waals surface area contributed by atoms with Crippen molar-refractivity contribution in [1.29, 1.82) is 0 Å². The normalized spacial score (nSPS) is 13.6. The first-order valence-electron chi connectivity index (χ1n) is 5.58. The van der Waals surface area contributed by atoms with E-state index in [1.54, 1.807) is 0 Å². The molecule has 0 aliphatic rings. The fourth-order valence-corrected chi connectivity index (χ4v) is 1.00. The molecule has 5 nitrogen and oxygen atoms in total. The van der Waals surface area contributed by atoms with E-state index in [0.717, 1.165) is 0 Å². The Hall–Kier alpha value is -0.650. The maximum atomic E-state index is 10.5. The number of rotatable bonds is 7. The Kier molecular flexibility index (Phi) is 7.29. The van der Waals surface area contributed by atoms with Gasteiger partial charge in [-0.3, -0.25) is 4.79 Å². The van der Waals surface area contributed by atoms with Crippen molar-refractivity contribution < 1.29 is 14.6 Å². The molecule has 0 rings (SSSR count). The molecule has 96 valence electrons. The van der Waals surface area contributed by atoms with Gasteiger partial charge >= 0.3 is 0 Å². The zero-order valence-corrected chi connectivity index (χ0v) is 10.7. The van der Waals surface area contributed by atoms with Gasteiger partial charge in [0.1, 0.15) is 0 Å². The van der Waals surface area contributed by atoms with Crippen LogP contribution in [0.2, 0.25) is 0 Å². The lowest BCUT2D eigenvalue weighted by Gasteiger charge is -2.22. The molecule has 0 aromatic carbocycles. The lowest BCUT2D eigenvalue weighted by Crippen LogP contribution is -2.37. The molecular weight excluding hydrogens is 208 g/mol. The zero-order chi connectivity index (χ0) is 12.6. The molecule has 0 spiro atoms. The molecule has 3 N–H and O–H groups in total. The van der Waals surface area contributed by atoms with E-state index in [1.807, 2.05) is 20.8 Å². The van der Waals surface area contributed by atoms with Gasteiger partial charge in [0, 0.05) is 26.6 Å². The Balaban J connectivity index is 3.37. The number of aliphatic hydroxyl groups excluding tert-OH is 1. The van der Waals surface area contributed by atoms with E-state index in [2.05, 4.69) is 10.6 Å². The second kappa shape index (κ2) is 7.60. The van der Waals surface area contributed by atoms with Crippen LogP contribution in [0.15, 0.2) is 0 Å². The van der Waals surface area contributed by atoms with Gasteiger partial charge in [0.2, 0.25) is 5.91 Å². The highest BCUT2D eigenvalue weighted by Gasteiger charge is 2.13. The summed E-state index contributed by atoms with van der Waals surface area (Å²) >= 11 is 0. The van der Waals surface area contributed by atoms with Gasteiger partial charge in [0.25, 0.3) is 0 Å². The van der Waals surface area contributed by atoms with Crippen LogP contribution in [0.5, 0.6) is 0 Å². The number of ether oxygens (including phenoxy) is 1. The summed E-state index contributed by atoms with van der Waals surface area (Å²) in [6, 6.07) is 0. The molecule has 0 aromatic heterocycles. The average Bonchev–Trinajstić information content (AvgIpc) is 2.12. The third-order valence-electron chi connectivity index (χ3n) is 1.76. The fraction of sp³-hybridized carbons (Fsp3) is 0.909. The molecule has 0 radical (unpaired) electrons. The van der Waals surface area contributed by atoms with Crippen molar-refractivity contribution in [3.8, 4) is 0 Å². The highest BCUT2D eigenvalue weighted by Crippen LogP contribution is 2.06. The highest BCUT2D eigenvalue weighted by molar-refractivity contribution is 5.72. The minimum Gasteiger partial charge on any atom is -0.389 e. The van der Waals surface area contributed by atoms with E-state index in [4.69, 9.17) is 4.74 Å². The summed E-state index contributed by atoms with van der Waals surface area (Å²) in [7, 11) is 0. The fourth-order valence-electron chi connectivity index (χ4n) is 1.00. The van der Waals surface area contributed by atoms with E-state index in [1.165, 1.54) is 6.92 Å². The predicted molar refractivity (Wildman–Crippen MR) is 63.3 cm³/mol. The highest BCUT2D eigenvalue weighted by atomic mass is 16.5. The summed E-state index contributed by atoms with van der Waals surface area (Å²) in [6.07, 6.45) is -0.517. The number of aliphatic hydroxyl groups is 1. The minimum absolute atomic E-state index is 0.0431. The van der Waals surface area contributed by atoms with Crippen molar-refractivity contribution in [2.45, 2.75) is 39.4 Å². The van der Waals surface area contributed by atoms with Crippen LogP contribution in [-0.4, -0.2) is 49.0 Å². The van der Waals surface area contributed by atoms with Crippen LogP contribution in [0.1, 0.15) is 27.7 Å². The number of hydrogen-bond donors (Lipinski definition) is 3. The quantitative estimate of drug-likeness (QED) is 0.536. The largest absolute Gasteiger partial charge is 0.389 e. The molecule has 0 aliphatic carbocycles. The van der Waals surface area contributed by atoms with Crippen LogP contribution in [0.3, 0.4) is 0 Å². The Morgan fingerprint density at radius 3 is 2.50 bits per heavy atom. The molecular formula is C11H24N2O3. The zero-order valence-electron chi connectivity index (χ0n) is 10.7. The van der Waals surface area contributed by atoms with E-state index < -0.39 is 6.10 Å². The minimum atomic E-state index is -0.517. The lowest BCUT2D eigenvalue weighted by atomic mass is 10.2. The molecule has 1 atom stereocenters. The van der Waals surface area contributed by atoms with Gasteiger partial charge in [-0.1, -0.05) is 0 Å². The van der Waals surface area contributed by atoms with Crippen LogP contribution < -0.4 is 10.6 Å². The van der Waals surface area contributed by atoms with Gasteiger partial charge < -0.3 is 20.5 Å². The molecule has 0 saturated carbocycles. The Bertz CT molecular complexity index is 202. The summed E-state index contributed by atoms with van der Waals surface area (Å²) < 4.78 is 5.43. The first kappa shape index (κ1) is 15.3. The summed E-state index contributed by atoms with van der Waals surface area (Å²) in [5, 5.41) is 15.2. The SMILES string of the molecule is CC(=O)NCCNCC(O)COC(C)(C)C. The lowest BCUT2D eigenvalue weighted by molar-refractivity contribution is -0.118. The summed E-state index contributed by atoms with van der Waals surface area (Å²) in [6.45, 7) is 9.32. The van der Waals surface area contributed by atoms with Crippen LogP contribution in [-0.2, 0) is 9.53 Å². The number of carbonyl (C=O) groups is 1. The number of carbonyl (C=O) groups excluding carboxylic acids is 1. The molecule has 0 bridgehead atoms. The molecule has 0 saturated heterocycles. The molecule has 0 aromatic rings. The second-order valence-electron chi connectivity index (χ2n) is 4.76. The summed E-state index contributed by atoms with van der Waals surface area (Å²) in [5.41, 5.74) is -0.225. The van der Waals surface area contributed by atoms with Gasteiger partial charge in [-0.05, 0) is 20.8 Å². The number of amides is 1. The van der Waals surface area contributed by atoms with Crippen LogP contribution in [0.25, 0.3) is 0 Å². The maximum absolute atomic E-state index is 10.5. The predicted octanol–water partition coefficient (Wildman–Crippen LogP) is -0.112. The molecule has 1 unspecified atom stereocenters. The van der Waals surface area contributed by atoms with Crippen molar-refractivity contribution in [3.05, 3.63) is 0 Å². The molecule has 0 aliphatic heterocycles. The topological polar surface area (TPSA) is 70.6 Å². The van der Waals surface area contributed by atoms with Crippen molar-refractivity contribution in [3.63, 3.8) is 0 Å². The molecule has 1 amide bonds. The van der Waals surface area contributed by atoms with Crippen LogP contribution >= 0.6 is 0 Å². The van der Waals surface area contributed by atoms with E-state index in [9.17, 15) is 9.90 Å². The Morgan fingerprint density at radius 1 is 1.38 bits per heavy atom. The Labute approximate surface area is 97.6 Å². The number of hydrogen-bond acceptors (Lipinski definition) is 4. The van der Waals surface area contributed by atoms with Crippen molar-refractivity contribution >= 4 is 5.91 Å². The van der Waals surface area contributed by atoms with Crippen LogP contribution in [0, 0.1) is 0 Å². The Morgan fingerprint density at radius 2 is 2.00 bits per heavy atom. The van der Waals surface area contributed by atoms with Gasteiger partial charge in [-0.25, -0.2) is 0 Å². The van der Waals surface area contributed by atoms with Crippen molar-refractivity contribution in [1.82, 2.24) is 10.6 Å². The summed E-state index contributed by atoms with van der Waals surface area (Å²) in [5.74, 6) is -0.0431. The number of nitrogens with one attached hydrogen (secondary N) is 2. The monoisotopic (exact) mass is 232 g/mol. The molecule has 0 heterocycles. The van der Waals surface area contributed by atoms with E-state index in [-0.39, 0.29) is 11.5 Å². The van der Waals surface area contributed by atoms with Crippen LogP contribution in [0.4, 0.5) is 0 Å². The molecule has 0 fully saturated rings. The third-order valence-corrected chi connectivity index (χ3v) is 1.76. The van der Waals surface area contributed by atoms with Gasteiger partial charge in [-0.2, -0.15) is 0 Å². The molecule has 5 heteroatoms. The van der Waals surface area contributed by atoms with Gasteiger partial charge in [-0.15, -0.1) is 0 Å².